The molecule has 2 rings (SSSR count). The highest BCUT2D eigenvalue weighted by molar-refractivity contribution is 6.17. The van der Waals surface area contributed by atoms with E-state index in [0.29, 0.717) is 23.6 Å². The van der Waals surface area contributed by atoms with Crippen LogP contribution in [-0.2, 0) is 11.3 Å². The molecule has 1 amide bonds. The maximum Gasteiger partial charge on any atom is 0.248 e. The maximum absolute atomic E-state index is 11.1. The minimum Gasteiger partial charge on any atom is -0.493 e. The minimum atomic E-state index is -0.513. The molecule has 0 fully saturated rings. The summed E-state index contributed by atoms with van der Waals surface area (Å²) in [4.78, 5) is 11.1. The number of nitrogens with two attached hydrogens (primary N) is 1. The Hall–Kier alpha value is -2.95. The van der Waals surface area contributed by atoms with Crippen LogP contribution >= 0.6 is 0 Å². The van der Waals surface area contributed by atoms with E-state index in [9.17, 15) is 4.79 Å². The Morgan fingerprint density at radius 3 is 2.30 bits per heavy atom. The molecule has 2 aromatic rings. The maximum atomic E-state index is 11.1. The molecule has 5 nitrogen and oxygen atoms in total. The lowest BCUT2D eigenvalue weighted by molar-refractivity contribution is -0.112. The van der Waals surface area contributed by atoms with Gasteiger partial charge in [0, 0.05) is 23.9 Å². The zero-order valence-electron chi connectivity index (χ0n) is 13.3. The number of ether oxygens (including phenoxy) is 2. The number of nitrogens with one attached hydrogen (secondary N) is 1. The number of carbonyl (C=O) groups excluding carboxylic acids is 1. The molecule has 0 aliphatic heterocycles. The Labute approximate surface area is 135 Å². The average molecular weight is 312 g/mol. The van der Waals surface area contributed by atoms with E-state index in [1.54, 1.807) is 14.2 Å². The van der Waals surface area contributed by atoms with E-state index < -0.39 is 5.91 Å². The average Bonchev–Trinajstić information content (AvgIpc) is 2.59. The van der Waals surface area contributed by atoms with Gasteiger partial charge in [0.05, 0.1) is 14.2 Å². The molecule has 0 atom stereocenters. The first-order valence-electron chi connectivity index (χ1n) is 7.09. The van der Waals surface area contributed by atoms with Gasteiger partial charge in [0.2, 0.25) is 5.91 Å². The highest BCUT2D eigenvalue weighted by atomic mass is 16.5. The largest absolute Gasteiger partial charge is 0.493 e. The number of primary amides is 1. The zero-order valence-corrected chi connectivity index (χ0v) is 13.3. The molecule has 2 aromatic carbocycles. The van der Waals surface area contributed by atoms with Crippen LogP contribution in [0.5, 0.6) is 11.5 Å². The van der Waals surface area contributed by atoms with Crippen LogP contribution in [0.25, 0.3) is 5.57 Å². The Kier molecular flexibility index (Phi) is 5.25. The number of amides is 1. The molecule has 120 valence electrons. The lowest BCUT2D eigenvalue weighted by atomic mass is 10.1. The molecule has 0 aromatic heterocycles. The van der Waals surface area contributed by atoms with Gasteiger partial charge >= 0.3 is 0 Å². The number of hydrogen-bond donors (Lipinski definition) is 2. The zero-order chi connectivity index (χ0) is 16.8. The lowest BCUT2D eigenvalue weighted by Gasteiger charge is -2.11. The summed E-state index contributed by atoms with van der Waals surface area (Å²) in [6.07, 6.45) is 0. The van der Waals surface area contributed by atoms with Crippen molar-refractivity contribution < 1.29 is 14.3 Å². The van der Waals surface area contributed by atoms with Crippen LogP contribution in [0, 0.1) is 0 Å². The highest BCUT2D eigenvalue weighted by Gasteiger charge is 2.06. The van der Waals surface area contributed by atoms with Gasteiger partial charge in [-0.25, -0.2) is 0 Å². The first-order chi connectivity index (χ1) is 11.0. The van der Waals surface area contributed by atoms with Crippen LogP contribution in [0.2, 0.25) is 0 Å². The number of benzene rings is 2. The van der Waals surface area contributed by atoms with Gasteiger partial charge in [0.1, 0.15) is 0 Å². The summed E-state index contributed by atoms with van der Waals surface area (Å²) in [6.45, 7) is 4.30. The summed E-state index contributed by atoms with van der Waals surface area (Å²) < 4.78 is 10.5. The summed E-state index contributed by atoms with van der Waals surface area (Å²) in [5.74, 6) is 0.846. The summed E-state index contributed by atoms with van der Waals surface area (Å²) in [6, 6.07) is 13.2. The van der Waals surface area contributed by atoms with Crippen molar-refractivity contribution in [3.63, 3.8) is 0 Å². The molecular weight excluding hydrogens is 292 g/mol. The number of carbonyl (C=O) groups is 1. The predicted molar refractivity (Wildman–Crippen MR) is 91.5 cm³/mol. The molecular formula is C18H20N2O3. The van der Waals surface area contributed by atoms with Crippen molar-refractivity contribution in [2.45, 2.75) is 6.54 Å². The van der Waals surface area contributed by atoms with Crippen molar-refractivity contribution in [2.75, 3.05) is 19.5 Å². The van der Waals surface area contributed by atoms with Crippen molar-refractivity contribution >= 4 is 17.2 Å². The first-order valence-corrected chi connectivity index (χ1v) is 7.09. The monoisotopic (exact) mass is 312 g/mol. The van der Waals surface area contributed by atoms with E-state index in [1.165, 1.54) is 0 Å². The fraction of sp³-hybridized carbons (Fsp3) is 0.167. The van der Waals surface area contributed by atoms with Gasteiger partial charge in [-0.2, -0.15) is 0 Å². The van der Waals surface area contributed by atoms with Crippen molar-refractivity contribution in [3.8, 4) is 11.5 Å². The highest BCUT2D eigenvalue weighted by Crippen LogP contribution is 2.29. The van der Waals surface area contributed by atoms with E-state index in [2.05, 4.69) is 11.9 Å². The normalized spacial score (nSPS) is 10.0. The Bertz CT molecular complexity index is 709. The summed E-state index contributed by atoms with van der Waals surface area (Å²) in [7, 11) is 3.21. The topological polar surface area (TPSA) is 73.6 Å². The molecule has 0 unspecified atom stereocenters. The van der Waals surface area contributed by atoms with Crippen molar-refractivity contribution in [3.05, 3.63) is 60.2 Å². The third-order valence-electron chi connectivity index (χ3n) is 3.48. The number of hydrogen-bond acceptors (Lipinski definition) is 4. The van der Waals surface area contributed by atoms with Gasteiger partial charge in [-0.3, -0.25) is 4.79 Å². The second-order valence-electron chi connectivity index (χ2n) is 4.96. The molecule has 0 aliphatic carbocycles. The molecule has 0 saturated carbocycles. The fourth-order valence-corrected chi connectivity index (χ4v) is 2.12. The first kappa shape index (κ1) is 16.4. The van der Waals surface area contributed by atoms with Gasteiger partial charge in [0.15, 0.2) is 11.5 Å². The van der Waals surface area contributed by atoms with Gasteiger partial charge in [-0.05, 0) is 23.3 Å². The number of methoxy groups -OCH3 is 2. The quantitative estimate of drug-likeness (QED) is 0.771. The van der Waals surface area contributed by atoms with E-state index in [0.717, 1.165) is 16.8 Å². The van der Waals surface area contributed by atoms with Crippen LogP contribution < -0.4 is 20.5 Å². The summed E-state index contributed by atoms with van der Waals surface area (Å²) >= 11 is 0. The van der Waals surface area contributed by atoms with Crippen LogP contribution in [0.4, 0.5) is 5.69 Å². The van der Waals surface area contributed by atoms with Gasteiger partial charge in [-0.1, -0.05) is 30.8 Å². The van der Waals surface area contributed by atoms with E-state index in [1.807, 2.05) is 42.5 Å². The van der Waals surface area contributed by atoms with Crippen LogP contribution in [-0.4, -0.2) is 20.1 Å². The third kappa shape index (κ3) is 4.03. The fourth-order valence-electron chi connectivity index (χ4n) is 2.12. The molecule has 23 heavy (non-hydrogen) atoms. The SMILES string of the molecule is C=C(C(N)=O)c1ccc(CNc2ccc(OC)c(OC)c2)cc1. The minimum absolute atomic E-state index is 0.310. The molecule has 5 heteroatoms. The second-order valence-corrected chi connectivity index (χ2v) is 4.96. The molecule has 0 bridgehead atoms. The van der Waals surface area contributed by atoms with Crippen LogP contribution in [0.3, 0.4) is 0 Å². The van der Waals surface area contributed by atoms with Crippen LogP contribution in [0.15, 0.2) is 49.0 Å². The lowest BCUT2D eigenvalue weighted by Crippen LogP contribution is -2.11. The van der Waals surface area contributed by atoms with Gasteiger partial charge < -0.3 is 20.5 Å². The standard InChI is InChI=1S/C18H20N2O3/c1-12(18(19)21)14-6-4-13(5-7-14)11-20-15-8-9-16(22-2)17(10-15)23-3/h4-10,20H,1,11H2,2-3H3,(H2,19,21). The second kappa shape index (κ2) is 7.35. The van der Waals surface area contributed by atoms with E-state index >= 15 is 0 Å². The Morgan fingerprint density at radius 1 is 1.09 bits per heavy atom. The molecule has 0 heterocycles. The molecule has 3 N–H and O–H groups in total. The van der Waals surface area contributed by atoms with Crippen molar-refractivity contribution in [1.29, 1.82) is 0 Å². The van der Waals surface area contributed by atoms with E-state index in [-0.39, 0.29) is 0 Å². The van der Waals surface area contributed by atoms with Gasteiger partial charge in [-0.15, -0.1) is 0 Å². The smallest absolute Gasteiger partial charge is 0.248 e. The van der Waals surface area contributed by atoms with Gasteiger partial charge in [0.25, 0.3) is 0 Å². The predicted octanol–water partition coefficient (Wildman–Crippen LogP) is 2.81. The van der Waals surface area contributed by atoms with E-state index in [4.69, 9.17) is 15.2 Å². The molecule has 0 radical (unpaired) electrons. The third-order valence-corrected chi connectivity index (χ3v) is 3.48. The van der Waals surface area contributed by atoms with Crippen LogP contribution in [0.1, 0.15) is 11.1 Å². The summed E-state index contributed by atoms with van der Waals surface area (Å²) in [5, 5.41) is 3.31. The van der Waals surface area contributed by atoms with Crippen molar-refractivity contribution in [2.24, 2.45) is 5.73 Å². The molecule has 0 saturated heterocycles. The Balaban J connectivity index is 2.03. The summed E-state index contributed by atoms with van der Waals surface area (Å²) in [5.41, 5.74) is 8.25. The number of anilines is 1. The Morgan fingerprint density at radius 2 is 1.74 bits per heavy atom. The molecule has 0 aliphatic rings. The molecule has 0 spiro atoms. The van der Waals surface area contributed by atoms with Crippen molar-refractivity contribution in [1.82, 2.24) is 0 Å². The number of rotatable bonds is 7.